The molecule has 2 aromatic carbocycles. The van der Waals surface area contributed by atoms with E-state index in [1.807, 2.05) is 0 Å². The van der Waals surface area contributed by atoms with Gasteiger partial charge in [0.05, 0.1) is 25.4 Å². The average molecular weight is 372 g/mol. The number of nitro benzene ring substituents is 1. The van der Waals surface area contributed by atoms with E-state index in [0.717, 1.165) is 0 Å². The van der Waals surface area contributed by atoms with Gasteiger partial charge in [-0.1, -0.05) is 6.07 Å². The summed E-state index contributed by atoms with van der Waals surface area (Å²) in [6.45, 7) is 0. The molecule has 0 aliphatic rings. The Morgan fingerprint density at radius 3 is 2.44 bits per heavy atom. The lowest BCUT2D eigenvalue weighted by atomic mass is 10.2. The van der Waals surface area contributed by atoms with Crippen LogP contribution >= 0.6 is 0 Å². The number of benzene rings is 2. The van der Waals surface area contributed by atoms with Gasteiger partial charge < -0.3 is 14.4 Å². The summed E-state index contributed by atoms with van der Waals surface area (Å²) in [5, 5.41) is 15.1. The van der Waals surface area contributed by atoms with Crippen LogP contribution < -0.4 is 19.8 Å². The molecule has 0 unspecified atom stereocenters. The van der Waals surface area contributed by atoms with Gasteiger partial charge in [-0.25, -0.2) is 5.43 Å². The van der Waals surface area contributed by atoms with Gasteiger partial charge in [-0.05, 0) is 24.3 Å². The van der Waals surface area contributed by atoms with E-state index >= 15 is 0 Å². The van der Waals surface area contributed by atoms with Crippen molar-refractivity contribution in [1.29, 1.82) is 0 Å². The summed E-state index contributed by atoms with van der Waals surface area (Å²) in [4.78, 5) is 24.6. The number of hydrazone groups is 1. The van der Waals surface area contributed by atoms with Crippen LogP contribution in [0.1, 0.15) is 15.9 Å². The van der Waals surface area contributed by atoms with Crippen LogP contribution in [-0.2, 0) is 0 Å². The number of hydrogen-bond acceptors (Lipinski definition) is 7. The Bertz CT molecular complexity index is 880. The van der Waals surface area contributed by atoms with Gasteiger partial charge in [-0.2, -0.15) is 5.10 Å². The maximum Gasteiger partial charge on any atom is 0.293 e. The maximum atomic E-state index is 12.2. The molecule has 1 N–H and O–H groups in total. The van der Waals surface area contributed by atoms with Crippen molar-refractivity contribution in [3.63, 3.8) is 0 Å². The molecule has 0 fully saturated rings. The van der Waals surface area contributed by atoms with E-state index in [-0.39, 0.29) is 5.69 Å². The van der Waals surface area contributed by atoms with Gasteiger partial charge in [0.15, 0.2) is 11.5 Å². The summed E-state index contributed by atoms with van der Waals surface area (Å²) in [6.07, 6.45) is 1.34. The van der Waals surface area contributed by atoms with Crippen LogP contribution in [0.2, 0.25) is 0 Å². The molecule has 0 radical (unpaired) electrons. The van der Waals surface area contributed by atoms with Gasteiger partial charge in [-0.3, -0.25) is 14.9 Å². The molecule has 0 aliphatic carbocycles. The fraction of sp³-hybridized carbons (Fsp3) is 0.222. The minimum atomic E-state index is -0.463. The topological polar surface area (TPSA) is 106 Å². The minimum absolute atomic E-state index is 0.0461. The zero-order valence-electron chi connectivity index (χ0n) is 15.4. The normalized spacial score (nSPS) is 10.5. The third-order valence-corrected chi connectivity index (χ3v) is 3.70. The Balaban J connectivity index is 2.14. The Morgan fingerprint density at radius 1 is 1.15 bits per heavy atom. The fourth-order valence-electron chi connectivity index (χ4n) is 2.35. The Kier molecular flexibility index (Phi) is 6.32. The van der Waals surface area contributed by atoms with Crippen LogP contribution in [0.3, 0.4) is 0 Å². The number of nitro groups is 1. The van der Waals surface area contributed by atoms with Crippen LogP contribution in [0.25, 0.3) is 0 Å². The molecule has 0 saturated heterocycles. The predicted octanol–water partition coefficient (Wildman–Crippen LogP) is 2.44. The highest BCUT2D eigenvalue weighted by Crippen LogP contribution is 2.28. The van der Waals surface area contributed by atoms with Crippen molar-refractivity contribution in [3.05, 3.63) is 57.6 Å². The first kappa shape index (κ1) is 19.7. The van der Waals surface area contributed by atoms with Crippen molar-refractivity contribution in [2.45, 2.75) is 0 Å². The Morgan fingerprint density at radius 2 is 1.85 bits per heavy atom. The molecule has 27 heavy (non-hydrogen) atoms. The highest BCUT2D eigenvalue weighted by molar-refractivity contribution is 5.95. The largest absolute Gasteiger partial charge is 0.493 e. The molecule has 2 aromatic rings. The monoisotopic (exact) mass is 372 g/mol. The van der Waals surface area contributed by atoms with Crippen LogP contribution in [0.5, 0.6) is 11.5 Å². The van der Waals surface area contributed by atoms with E-state index in [2.05, 4.69) is 10.5 Å². The molecule has 0 aromatic heterocycles. The number of nitrogens with one attached hydrogen (secondary N) is 1. The SMILES string of the molecule is COc1ccc(C(=O)N/N=C/c2ccc(N(C)C)c([N+](=O)[O-])c2)cc1OC. The molecular weight excluding hydrogens is 352 g/mol. The molecular formula is C18H20N4O5. The van der Waals surface area contributed by atoms with Crippen molar-refractivity contribution in [2.75, 3.05) is 33.2 Å². The zero-order chi connectivity index (χ0) is 20.0. The van der Waals surface area contributed by atoms with E-state index < -0.39 is 10.8 Å². The highest BCUT2D eigenvalue weighted by atomic mass is 16.6. The lowest BCUT2D eigenvalue weighted by Gasteiger charge is -2.12. The van der Waals surface area contributed by atoms with E-state index in [4.69, 9.17) is 9.47 Å². The molecule has 0 saturated carbocycles. The fourth-order valence-corrected chi connectivity index (χ4v) is 2.35. The first-order valence-electron chi connectivity index (χ1n) is 7.88. The van der Waals surface area contributed by atoms with E-state index in [0.29, 0.717) is 28.3 Å². The summed E-state index contributed by atoms with van der Waals surface area (Å²) in [6, 6.07) is 9.40. The number of ether oxygens (including phenoxy) is 2. The highest BCUT2D eigenvalue weighted by Gasteiger charge is 2.15. The molecule has 9 heteroatoms. The average Bonchev–Trinajstić information content (AvgIpc) is 2.66. The molecule has 0 spiro atoms. The molecule has 0 atom stereocenters. The van der Waals surface area contributed by atoms with E-state index in [1.165, 1.54) is 32.6 Å². The van der Waals surface area contributed by atoms with Crippen LogP contribution in [0.15, 0.2) is 41.5 Å². The van der Waals surface area contributed by atoms with Gasteiger partial charge in [0.2, 0.25) is 0 Å². The van der Waals surface area contributed by atoms with Crippen LogP contribution in [0.4, 0.5) is 11.4 Å². The number of amides is 1. The van der Waals surface area contributed by atoms with Crippen molar-refractivity contribution >= 4 is 23.5 Å². The quantitative estimate of drug-likeness (QED) is 0.454. The third kappa shape index (κ3) is 4.72. The second-order valence-corrected chi connectivity index (χ2v) is 5.67. The molecule has 0 heterocycles. The number of hydrogen-bond donors (Lipinski definition) is 1. The van der Waals surface area contributed by atoms with Gasteiger partial charge >= 0.3 is 0 Å². The van der Waals surface area contributed by atoms with E-state index in [9.17, 15) is 14.9 Å². The molecule has 9 nitrogen and oxygen atoms in total. The van der Waals surface area contributed by atoms with Crippen molar-refractivity contribution < 1.29 is 19.2 Å². The summed E-state index contributed by atoms with van der Waals surface area (Å²) in [5.41, 5.74) is 3.63. The number of carbonyl (C=O) groups excluding carboxylic acids is 1. The number of carbonyl (C=O) groups is 1. The molecule has 1 amide bonds. The second-order valence-electron chi connectivity index (χ2n) is 5.67. The number of methoxy groups -OCH3 is 2. The Hall–Kier alpha value is -3.62. The standard InChI is InChI=1S/C18H20N4O5/c1-21(2)14-7-5-12(9-15(14)22(24)25)11-19-20-18(23)13-6-8-16(26-3)17(10-13)27-4/h5-11H,1-4H3,(H,20,23)/b19-11+. The van der Waals surface area contributed by atoms with Gasteiger partial charge in [0, 0.05) is 31.3 Å². The number of rotatable bonds is 7. The summed E-state index contributed by atoms with van der Waals surface area (Å²) in [5.74, 6) is 0.474. The second kappa shape index (κ2) is 8.65. The summed E-state index contributed by atoms with van der Waals surface area (Å²) >= 11 is 0. The van der Waals surface area contributed by atoms with Gasteiger partial charge in [0.1, 0.15) is 5.69 Å². The maximum absolute atomic E-state index is 12.2. The number of nitrogens with zero attached hydrogens (tertiary/aromatic N) is 3. The summed E-state index contributed by atoms with van der Waals surface area (Å²) in [7, 11) is 6.42. The molecule has 2 rings (SSSR count). The smallest absolute Gasteiger partial charge is 0.293 e. The predicted molar refractivity (Wildman–Crippen MR) is 102 cm³/mol. The minimum Gasteiger partial charge on any atom is -0.493 e. The first-order chi connectivity index (χ1) is 12.9. The lowest BCUT2D eigenvalue weighted by molar-refractivity contribution is -0.384. The van der Waals surface area contributed by atoms with E-state index in [1.54, 1.807) is 43.3 Å². The lowest BCUT2D eigenvalue weighted by Crippen LogP contribution is -2.17. The Labute approximate surface area is 156 Å². The molecule has 0 aliphatic heterocycles. The zero-order valence-corrected chi connectivity index (χ0v) is 15.4. The van der Waals surface area contributed by atoms with Gasteiger partial charge in [0.25, 0.3) is 11.6 Å². The summed E-state index contributed by atoms with van der Waals surface area (Å²) < 4.78 is 10.3. The molecule has 0 bridgehead atoms. The van der Waals surface area contributed by atoms with Crippen molar-refractivity contribution in [1.82, 2.24) is 5.43 Å². The molecule has 142 valence electrons. The van der Waals surface area contributed by atoms with Crippen LogP contribution in [-0.4, -0.2) is 45.4 Å². The van der Waals surface area contributed by atoms with Gasteiger partial charge in [-0.15, -0.1) is 0 Å². The third-order valence-electron chi connectivity index (χ3n) is 3.70. The first-order valence-corrected chi connectivity index (χ1v) is 7.88. The van der Waals surface area contributed by atoms with Crippen molar-refractivity contribution in [2.24, 2.45) is 5.10 Å². The van der Waals surface area contributed by atoms with Crippen molar-refractivity contribution in [3.8, 4) is 11.5 Å². The number of anilines is 1. The van der Waals surface area contributed by atoms with Crippen LogP contribution in [0, 0.1) is 10.1 Å².